The second-order valence-electron chi connectivity index (χ2n) is 7.04. The molecule has 0 radical (unpaired) electrons. The molecule has 5 rings (SSSR count). The van der Waals surface area contributed by atoms with E-state index in [-0.39, 0.29) is 11.7 Å². The number of halogens is 1. The number of aromatic nitrogens is 2. The Kier molecular flexibility index (Phi) is 5.87. The third-order valence-electron chi connectivity index (χ3n) is 5.13. The van der Waals surface area contributed by atoms with Crippen molar-refractivity contribution in [2.45, 2.75) is 12.1 Å². The van der Waals surface area contributed by atoms with E-state index in [0.717, 1.165) is 31.4 Å². The van der Waals surface area contributed by atoms with Crippen molar-refractivity contribution in [1.29, 1.82) is 0 Å². The van der Waals surface area contributed by atoms with Crippen LogP contribution in [0.1, 0.15) is 6.92 Å². The highest BCUT2D eigenvalue weighted by atomic mass is 35.5. The van der Waals surface area contributed by atoms with Crippen LogP contribution >= 0.6 is 34.7 Å². The van der Waals surface area contributed by atoms with Crippen LogP contribution in [0.3, 0.4) is 0 Å². The van der Waals surface area contributed by atoms with E-state index in [4.69, 9.17) is 16.0 Å². The molecule has 2 heterocycles. The van der Waals surface area contributed by atoms with Crippen molar-refractivity contribution in [2.75, 3.05) is 17.2 Å². The Morgan fingerprint density at radius 3 is 2.59 bits per heavy atom. The average Bonchev–Trinajstić information content (AvgIpc) is 3.43. The van der Waals surface area contributed by atoms with Crippen LogP contribution in [0.5, 0.6) is 0 Å². The Balaban J connectivity index is 1.34. The van der Waals surface area contributed by atoms with Gasteiger partial charge in [-0.3, -0.25) is 4.79 Å². The molecular weight excluding hydrogens is 462 g/mol. The van der Waals surface area contributed by atoms with Gasteiger partial charge in [-0.2, -0.15) is 0 Å². The fourth-order valence-corrected chi connectivity index (χ4v) is 5.71. The van der Waals surface area contributed by atoms with E-state index in [1.165, 1.54) is 23.1 Å². The summed E-state index contributed by atoms with van der Waals surface area (Å²) in [5, 5.41) is 12.3. The van der Waals surface area contributed by atoms with Crippen molar-refractivity contribution >= 4 is 67.2 Å². The third kappa shape index (κ3) is 3.88. The first-order valence-electron chi connectivity index (χ1n) is 10.1. The van der Waals surface area contributed by atoms with Crippen molar-refractivity contribution in [2.24, 2.45) is 0 Å². The van der Waals surface area contributed by atoms with Gasteiger partial charge in [-0.25, -0.2) is 0 Å². The van der Waals surface area contributed by atoms with Gasteiger partial charge in [0.2, 0.25) is 5.91 Å². The quantitative estimate of drug-likeness (QED) is 0.248. The number of thioether (sulfide) groups is 1. The van der Waals surface area contributed by atoms with E-state index in [0.29, 0.717) is 22.7 Å². The molecule has 1 amide bonds. The van der Waals surface area contributed by atoms with Crippen molar-refractivity contribution in [3.63, 3.8) is 0 Å². The molecule has 0 saturated heterocycles. The molecule has 0 atom stereocenters. The summed E-state index contributed by atoms with van der Waals surface area (Å²) in [5.41, 5.74) is 0.902. The standard InChI is InChI=1S/C24H18ClN3O2S2/c1-2-28(18-12-7-9-15-8-3-4-10-16(15)18)20(29)14-31-24-27-26-23(30-24)22-21(25)17-11-5-6-13-19(17)32-22/h3-13H,2,14H2,1H3. The van der Waals surface area contributed by atoms with Crippen molar-refractivity contribution in [3.05, 3.63) is 71.8 Å². The number of nitrogens with zero attached hydrogens (tertiary/aromatic N) is 3. The smallest absolute Gasteiger partial charge is 0.277 e. The Hall–Kier alpha value is -2.87. The van der Waals surface area contributed by atoms with Gasteiger partial charge < -0.3 is 9.32 Å². The molecule has 0 spiro atoms. The highest BCUT2D eigenvalue weighted by Gasteiger charge is 2.20. The van der Waals surface area contributed by atoms with Gasteiger partial charge in [-0.05, 0) is 24.4 Å². The van der Waals surface area contributed by atoms with Crippen LogP contribution in [-0.4, -0.2) is 28.4 Å². The monoisotopic (exact) mass is 479 g/mol. The minimum atomic E-state index is -0.0199. The summed E-state index contributed by atoms with van der Waals surface area (Å²) in [5.74, 6) is 0.541. The SMILES string of the molecule is CCN(C(=O)CSc1nnc(-c2sc3ccccc3c2Cl)o1)c1cccc2ccccc12. The second-order valence-corrected chi connectivity index (χ2v) is 9.40. The molecule has 0 fully saturated rings. The number of fused-ring (bicyclic) bond motifs is 2. The molecule has 0 saturated carbocycles. The minimum absolute atomic E-state index is 0.0199. The normalized spacial score (nSPS) is 11.3. The van der Waals surface area contributed by atoms with Crippen molar-refractivity contribution in [1.82, 2.24) is 10.2 Å². The topological polar surface area (TPSA) is 59.2 Å². The van der Waals surface area contributed by atoms with Crippen molar-refractivity contribution < 1.29 is 9.21 Å². The maximum atomic E-state index is 13.0. The minimum Gasteiger partial charge on any atom is -0.410 e. The van der Waals surface area contributed by atoms with Gasteiger partial charge in [0.1, 0.15) is 4.88 Å². The predicted molar refractivity (Wildman–Crippen MR) is 133 cm³/mol. The molecule has 32 heavy (non-hydrogen) atoms. The van der Waals surface area contributed by atoms with E-state index in [1.807, 2.05) is 73.7 Å². The summed E-state index contributed by atoms with van der Waals surface area (Å²) in [6.45, 7) is 2.54. The number of hydrogen-bond donors (Lipinski definition) is 0. The van der Waals surface area contributed by atoms with E-state index in [9.17, 15) is 4.79 Å². The number of hydrogen-bond acceptors (Lipinski definition) is 6. The zero-order valence-corrected chi connectivity index (χ0v) is 19.5. The first-order valence-corrected chi connectivity index (χ1v) is 12.3. The van der Waals surface area contributed by atoms with Crippen molar-refractivity contribution in [3.8, 4) is 10.8 Å². The van der Waals surface area contributed by atoms with E-state index >= 15 is 0 Å². The molecule has 2 aromatic heterocycles. The molecule has 5 aromatic rings. The van der Waals surface area contributed by atoms with Gasteiger partial charge in [0.25, 0.3) is 11.1 Å². The fraction of sp³-hybridized carbons (Fsp3) is 0.125. The number of rotatable bonds is 6. The van der Waals surface area contributed by atoms with E-state index in [2.05, 4.69) is 10.2 Å². The summed E-state index contributed by atoms with van der Waals surface area (Å²) in [7, 11) is 0. The zero-order chi connectivity index (χ0) is 22.1. The first kappa shape index (κ1) is 21.0. The average molecular weight is 480 g/mol. The zero-order valence-electron chi connectivity index (χ0n) is 17.1. The lowest BCUT2D eigenvalue weighted by Crippen LogP contribution is -2.32. The lowest BCUT2D eigenvalue weighted by Gasteiger charge is -2.22. The van der Waals surface area contributed by atoms with E-state index < -0.39 is 0 Å². The van der Waals surface area contributed by atoms with Gasteiger partial charge in [-0.1, -0.05) is 78.0 Å². The molecule has 3 aromatic carbocycles. The Bertz CT molecular complexity index is 1420. The highest BCUT2D eigenvalue weighted by molar-refractivity contribution is 7.99. The molecule has 0 aliphatic carbocycles. The Labute approximate surface area is 198 Å². The number of thiophene rings is 1. The summed E-state index contributed by atoms with van der Waals surface area (Å²) in [6, 6.07) is 21.9. The maximum Gasteiger partial charge on any atom is 0.277 e. The van der Waals surface area contributed by atoms with Crippen LogP contribution in [0.15, 0.2) is 76.4 Å². The molecule has 0 unspecified atom stereocenters. The van der Waals surface area contributed by atoms with Crippen LogP contribution in [0.4, 0.5) is 5.69 Å². The summed E-state index contributed by atoms with van der Waals surface area (Å²) < 4.78 is 6.87. The van der Waals surface area contributed by atoms with Gasteiger partial charge in [-0.15, -0.1) is 21.5 Å². The van der Waals surface area contributed by atoms with Crippen LogP contribution in [0.2, 0.25) is 5.02 Å². The molecule has 0 aliphatic heterocycles. The predicted octanol–water partition coefficient (Wildman–Crippen LogP) is 6.90. The van der Waals surface area contributed by atoms with Gasteiger partial charge in [0.15, 0.2) is 0 Å². The van der Waals surface area contributed by atoms with E-state index in [1.54, 1.807) is 4.90 Å². The highest BCUT2D eigenvalue weighted by Crippen LogP contribution is 2.41. The number of anilines is 1. The van der Waals surface area contributed by atoms with Crippen LogP contribution in [0, 0.1) is 0 Å². The number of carbonyl (C=O) groups excluding carboxylic acids is 1. The molecular formula is C24H18ClN3O2S2. The van der Waals surface area contributed by atoms with Gasteiger partial charge in [0, 0.05) is 22.0 Å². The molecule has 0 bridgehead atoms. The fourth-order valence-electron chi connectivity index (χ4n) is 3.64. The number of amides is 1. The lowest BCUT2D eigenvalue weighted by atomic mass is 10.1. The summed E-state index contributed by atoms with van der Waals surface area (Å²) >= 11 is 9.26. The molecule has 0 aliphatic rings. The molecule has 0 N–H and O–H groups in total. The van der Waals surface area contributed by atoms with Crippen LogP contribution in [-0.2, 0) is 4.79 Å². The Morgan fingerprint density at radius 1 is 1.03 bits per heavy atom. The Morgan fingerprint density at radius 2 is 1.78 bits per heavy atom. The first-order chi connectivity index (χ1) is 15.7. The molecule has 8 heteroatoms. The second kappa shape index (κ2) is 8.94. The van der Waals surface area contributed by atoms with Gasteiger partial charge >= 0.3 is 0 Å². The summed E-state index contributed by atoms with van der Waals surface area (Å²) in [6.07, 6.45) is 0. The largest absolute Gasteiger partial charge is 0.410 e. The maximum absolute atomic E-state index is 13.0. The lowest BCUT2D eigenvalue weighted by molar-refractivity contribution is -0.116. The number of carbonyl (C=O) groups is 1. The van der Waals surface area contributed by atoms with Gasteiger partial charge in [0.05, 0.1) is 16.5 Å². The van der Waals surface area contributed by atoms with Crippen LogP contribution < -0.4 is 4.90 Å². The number of benzene rings is 3. The molecule has 160 valence electrons. The van der Waals surface area contributed by atoms with Crippen LogP contribution in [0.25, 0.3) is 31.6 Å². The third-order valence-corrected chi connectivity index (χ3v) is 7.60. The summed E-state index contributed by atoms with van der Waals surface area (Å²) in [4.78, 5) is 15.6. The molecule has 5 nitrogen and oxygen atoms in total.